The van der Waals surface area contributed by atoms with Gasteiger partial charge in [-0.05, 0) is 55.0 Å². The molecule has 152 valence electrons. The first-order valence-corrected chi connectivity index (χ1v) is 11.6. The number of sulfonamides is 1. The number of para-hydroxylation sites is 1. The molecule has 1 amide bonds. The molecule has 6 heteroatoms. The van der Waals surface area contributed by atoms with Gasteiger partial charge in [-0.3, -0.25) is 9.10 Å². The average Bonchev–Trinajstić information content (AvgIpc) is 2.67. The van der Waals surface area contributed by atoms with E-state index in [4.69, 9.17) is 0 Å². The van der Waals surface area contributed by atoms with Crippen molar-refractivity contribution in [2.24, 2.45) is 0 Å². The van der Waals surface area contributed by atoms with Gasteiger partial charge in [0, 0.05) is 5.69 Å². The van der Waals surface area contributed by atoms with Gasteiger partial charge in [0.2, 0.25) is 15.9 Å². The molecule has 5 nitrogen and oxygen atoms in total. The highest BCUT2D eigenvalue weighted by molar-refractivity contribution is 7.92. The zero-order valence-corrected chi connectivity index (χ0v) is 18.1. The SMILES string of the molecule is CCc1ccc(N([C@H](C)C(=O)Nc2c(CC)cccc2CC)S(C)(=O)=O)cc1. The summed E-state index contributed by atoms with van der Waals surface area (Å²) in [4.78, 5) is 13.0. The molecule has 0 aliphatic heterocycles. The molecule has 0 heterocycles. The highest BCUT2D eigenvalue weighted by Crippen LogP contribution is 2.25. The van der Waals surface area contributed by atoms with E-state index in [1.54, 1.807) is 19.1 Å². The number of hydrogen-bond acceptors (Lipinski definition) is 3. The molecule has 0 unspecified atom stereocenters. The lowest BCUT2D eigenvalue weighted by molar-refractivity contribution is -0.116. The Morgan fingerprint density at radius 3 is 1.93 bits per heavy atom. The minimum absolute atomic E-state index is 0.347. The number of hydrogen-bond donors (Lipinski definition) is 1. The summed E-state index contributed by atoms with van der Waals surface area (Å²) >= 11 is 0. The van der Waals surface area contributed by atoms with Gasteiger partial charge in [-0.1, -0.05) is 51.1 Å². The summed E-state index contributed by atoms with van der Waals surface area (Å²) < 4.78 is 26.1. The smallest absolute Gasteiger partial charge is 0.248 e. The number of aryl methyl sites for hydroxylation is 3. The monoisotopic (exact) mass is 402 g/mol. The van der Waals surface area contributed by atoms with Gasteiger partial charge in [0.1, 0.15) is 6.04 Å². The van der Waals surface area contributed by atoms with Crippen molar-refractivity contribution in [1.82, 2.24) is 0 Å². The van der Waals surface area contributed by atoms with Gasteiger partial charge in [-0.15, -0.1) is 0 Å². The summed E-state index contributed by atoms with van der Waals surface area (Å²) in [5, 5.41) is 2.98. The fourth-order valence-corrected chi connectivity index (χ4v) is 4.49. The molecule has 0 aromatic heterocycles. The Bertz CT molecular complexity index is 899. The predicted molar refractivity (Wildman–Crippen MR) is 116 cm³/mol. The molecule has 0 fully saturated rings. The minimum atomic E-state index is -3.63. The van der Waals surface area contributed by atoms with Crippen LogP contribution < -0.4 is 9.62 Å². The molecule has 28 heavy (non-hydrogen) atoms. The van der Waals surface area contributed by atoms with Crippen LogP contribution in [-0.2, 0) is 34.1 Å². The van der Waals surface area contributed by atoms with Gasteiger partial charge in [-0.2, -0.15) is 0 Å². The van der Waals surface area contributed by atoms with E-state index in [1.807, 2.05) is 51.1 Å². The lowest BCUT2D eigenvalue weighted by atomic mass is 10.0. The van der Waals surface area contributed by atoms with Crippen molar-refractivity contribution >= 4 is 27.3 Å². The van der Waals surface area contributed by atoms with Gasteiger partial charge in [0.25, 0.3) is 0 Å². The molecular formula is C22H30N2O3S. The van der Waals surface area contributed by atoms with Crippen LogP contribution in [0.5, 0.6) is 0 Å². The average molecular weight is 403 g/mol. The van der Waals surface area contributed by atoms with Crippen LogP contribution in [0, 0.1) is 0 Å². The second-order valence-electron chi connectivity index (χ2n) is 6.90. The maximum atomic E-state index is 13.0. The van der Waals surface area contributed by atoms with Crippen LogP contribution in [0.25, 0.3) is 0 Å². The Hall–Kier alpha value is -2.34. The fourth-order valence-electron chi connectivity index (χ4n) is 3.32. The molecule has 0 aliphatic carbocycles. The van der Waals surface area contributed by atoms with Crippen molar-refractivity contribution in [1.29, 1.82) is 0 Å². The van der Waals surface area contributed by atoms with Gasteiger partial charge < -0.3 is 5.32 Å². The molecule has 0 saturated carbocycles. The van der Waals surface area contributed by atoms with E-state index in [0.717, 1.165) is 47.9 Å². The van der Waals surface area contributed by atoms with Gasteiger partial charge in [0.05, 0.1) is 11.9 Å². The number of benzene rings is 2. The van der Waals surface area contributed by atoms with E-state index in [9.17, 15) is 13.2 Å². The number of rotatable bonds is 8. The van der Waals surface area contributed by atoms with E-state index in [-0.39, 0.29) is 5.91 Å². The minimum Gasteiger partial charge on any atom is -0.324 e. The van der Waals surface area contributed by atoms with Crippen molar-refractivity contribution in [2.45, 2.75) is 53.0 Å². The van der Waals surface area contributed by atoms with Crippen LogP contribution in [0.4, 0.5) is 11.4 Å². The molecule has 0 bridgehead atoms. The Labute approximate surface area is 168 Å². The van der Waals surface area contributed by atoms with Crippen molar-refractivity contribution in [2.75, 3.05) is 15.9 Å². The summed E-state index contributed by atoms with van der Waals surface area (Å²) in [5.74, 6) is -0.347. The quantitative estimate of drug-likeness (QED) is 0.721. The highest BCUT2D eigenvalue weighted by atomic mass is 32.2. The third-order valence-electron chi connectivity index (χ3n) is 4.93. The summed E-state index contributed by atoms with van der Waals surface area (Å²) in [6, 6.07) is 12.3. The summed E-state index contributed by atoms with van der Waals surface area (Å²) in [6.45, 7) is 7.72. The Balaban J connectivity index is 2.37. The maximum absolute atomic E-state index is 13.0. The molecule has 0 saturated heterocycles. The molecule has 2 aromatic carbocycles. The third-order valence-corrected chi connectivity index (χ3v) is 6.18. The second kappa shape index (κ2) is 9.24. The van der Waals surface area contributed by atoms with Crippen molar-refractivity contribution < 1.29 is 13.2 Å². The molecule has 0 aliphatic rings. The highest BCUT2D eigenvalue weighted by Gasteiger charge is 2.29. The van der Waals surface area contributed by atoms with E-state index in [2.05, 4.69) is 5.32 Å². The summed E-state index contributed by atoms with van der Waals surface area (Å²) in [5.41, 5.74) is 4.47. The molecular weight excluding hydrogens is 372 g/mol. The van der Waals surface area contributed by atoms with Crippen molar-refractivity contribution in [3.8, 4) is 0 Å². The van der Waals surface area contributed by atoms with E-state index in [1.165, 1.54) is 4.31 Å². The molecule has 2 rings (SSSR count). The van der Waals surface area contributed by atoms with Crippen LogP contribution in [0.3, 0.4) is 0 Å². The largest absolute Gasteiger partial charge is 0.324 e. The van der Waals surface area contributed by atoms with Gasteiger partial charge in [0.15, 0.2) is 0 Å². The Morgan fingerprint density at radius 1 is 0.964 bits per heavy atom. The third kappa shape index (κ3) is 4.93. The van der Waals surface area contributed by atoms with Crippen LogP contribution >= 0.6 is 0 Å². The number of carbonyl (C=O) groups is 1. The fraction of sp³-hybridized carbons (Fsp3) is 0.409. The van der Waals surface area contributed by atoms with E-state index in [0.29, 0.717) is 5.69 Å². The van der Waals surface area contributed by atoms with Crippen LogP contribution in [0.15, 0.2) is 42.5 Å². The number of nitrogens with one attached hydrogen (secondary N) is 1. The first-order valence-electron chi connectivity index (χ1n) is 9.72. The summed E-state index contributed by atoms with van der Waals surface area (Å²) in [7, 11) is -3.63. The standard InChI is InChI=1S/C22H30N2O3S/c1-6-17-12-14-20(15-13-17)24(28(5,26)27)16(4)22(25)23-21-18(7-2)10-9-11-19(21)8-3/h9-16H,6-8H2,1-5H3,(H,23,25)/t16-/m1/s1. The second-order valence-corrected chi connectivity index (χ2v) is 8.76. The first kappa shape index (κ1) is 22.0. The molecule has 0 spiro atoms. The van der Waals surface area contributed by atoms with Crippen LogP contribution in [-0.4, -0.2) is 26.6 Å². The topological polar surface area (TPSA) is 66.5 Å². The number of carbonyl (C=O) groups excluding carboxylic acids is 1. The van der Waals surface area contributed by atoms with E-state index >= 15 is 0 Å². The van der Waals surface area contributed by atoms with Crippen molar-refractivity contribution in [3.05, 3.63) is 59.2 Å². The van der Waals surface area contributed by atoms with Crippen LogP contribution in [0.1, 0.15) is 44.4 Å². The Morgan fingerprint density at radius 2 is 1.50 bits per heavy atom. The maximum Gasteiger partial charge on any atom is 0.248 e. The summed E-state index contributed by atoms with van der Waals surface area (Å²) in [6.07, 6.45) is 3.56. The molecule has 1 N–H and O–H groups in total. The van der Waals surface area contributed by atoms with Gasteiger partial charge >= 0.3 is 0 Å². The van der Waals surface area contributed by atoms with Crippen LogP contribution in [0.2, 0.25) is 0 Å². The Kier molecular flexibility index (Phi) is 7.24. The first-order chi connectivity index (χ1) is 13.2. The number of nitrogens with zero attached hydrogens (tertiary/aromatic N) is 1. The predicted octanol–water partition coefficient (Wildman–Crippen LogP) is 4.17. The lowest BCUT2D eigenvalue weighted by Crippen LogP contribution is -2.45. The lowest BCUT2D eigenvalue weighted by Gasteiger charge is -2.29. The molecule has 1 atom stereocenters. The normalized spacial score (nSPS) is 12.5. The zero-order valence-electron chi connectivity index (χ0n) is 17.3. The zero-order chi connectivity index (χ0) is 20.9. The molecule has 2 aromatic rings. The number of anilines is 2. The van der Waals surface area contributed by atoms with E-state index < -0.39 is 16.1 Å². The van der Waals surface area contributed by atoms with Crippen molar-refractivity contribution in [3.63, 3.8) is 0 Å². The molecule has 0 radical (unpaired) electrons. The number of amides is 1. The van der Waals surface area contributed by atoms with Gasteiger partial charge in [-0.25, -0.2) is 8.42 Å².